The fourth-order valence-corrected chi connectivity index (χ4v) is 4.90. The minimum atomic E-state index is -0.693. The number of rotatable bonds is 8. The van der Waals surface area contributed by atoms with Crippen LogP contribution in [0.3, 0.4) is 0 Å². The maximum absolute atomic E-state index is 14.8. The highest BCUT2D eigenvalue weighted by atomic mass is 19.1. The third-order valence-corrected chi connectivity index (χ3v) is 6.74. The Morgan fingerprint density at radius 2 is 1.78 bits per heavy atom. The Bertz CT molecular complexity index is 1160. The molecule has 2 N–H and O–H groups in total. The molecule has 0 atom stereocenters. The largest absolute Gasteiger partial charge is 0.496 e. The van der Waals surface area contributed by atoms with Crippen molar-refractivity contribution in [3.8, 4) is 5.75 Å². The number of carbonyl (C=O) groups excluding carboxylic acids is 3. The highest BCUT2D eigenvalue weighted by Crippen LogP contribution is 2.37. The first-order valence-electron chi connectivity index (χ1n) is 12.1. The fourth-order valence-electron chi connectivity index (χ4n) is 4.90. The quantitative estimate of drug-likeness (QED) is 0.543. The van der Waals surface area contributed by atoms with Crippen LogP contribution in [0.5, 0.6) is 5.75 Å². The van der Waals surface area contributed by atoms with E-state index in [1.165, 1.54) is 19.2 Å². The lowest BCUT2D eigenvalue weighted by atomic mass is 9.92. The molecule has 2 amide bonds. The molecule has 192 valence electrons. The first-order chi connectivity index (χ1) is 17.4. The summed E-state index contributed by atoms with van der Waals surface area (Å²) in [5.74, 6) is -1.57. The molecule has 0 spiro atoms. The van der Waals surface area contributed by atoms with E-state index < -0.39 is 17.7 Å². The van der Waals surface area contributed by atoms with Crippen LogP contribution in [0, 0.1) is 5.82 Å². The van der Waals surface area contributed by atoms with Crippen LogP contribution in [0.1, 0.15) is 62.2 Å². The van der Waals surface area contributed by atoms with Gasteiger partial charge in [0.2, 0.25) is 0 Å². The zero-order chi connectivity index (χ0) is 25.7. The van der Waals surface area contributed by atoms with Gasteiger partial charge in [0.25, 0.3) is 11.8 Å². The number of carbonyl (C=O) groups is 3. The number of methoxy groups -OCH3 is 2. The van der Waals surface area contributed by atoms with Crippen LogP contribution in [0.2, 0.25) is 0 Å². The van der Waals surface area contributed by atoms with Gasteiger partial charge >= 0.3 is 5.97 Å². The number of nitrogens with one attached hydrogen (secondary N) is 2. The van der Waals surface area contributed by atoms with Crippen LogP contribution >= 0.6 is 0 Å². The molecule has 2 aromatic carbocycles. The van der Waals surface area contributed by atoms with Crippen LogP contribution in [0.15, 0.2) is 24.3 Å². The van der Waals surface area contributed by atoms with Gasteiger partial charge in [0, 0.05) is 19.3 Å². The highest BCUT2D eigenvalue weighted by Gasteiger charge is 2.27. The minimum absolute atomic E-state index is 0.0552. The van der Waals surface area contributed by atoms with Crippen molar-refractivity contribution in [2.45, 2.75) is 44.6 Å². The van der Waals surface area contributed by atoms with Crippen molar-refractivity contribution < 1.29 is 33.0 Å². The van der Waals surface area contributed by atoms with Crippen molar-refractivity contribution in [1.82, 2.24) is 10.6 Å². The summed E-state index contributed by atoms with van der Waals surface area (Å²) in [6.45, 7) is 0.910. The van der Waals surface area contributed by atoms with Gasteiger partial charge in [-0.2, -0.15) is 0 Å². The molecule has 1 saturated heterocycles. The number of ether oxygens (including phenoxy) is 3. The number of amides is 2. The van der Waals surface area contributed by atoms with E-state index in [9.17, 15) is 18.8 Å². The Balaban J connectivity index is 1.58. The molecule has 1 heterocycles. The van der Waals surface area contributed by atoms with Gasteiger partial charge in [-0.15, -0.1) is 0 Å². The minimum Gasteiger partial charge on any atom is -0.496 e. The topological polar surface area (TPSA) is 103 Å². The molecular formula is C27H31FN2O6. The SMILES string of the molecule is COC(=O)CNC(=O)c1ccc(Cc2cc(C(=O)NC3CCOCC3)c(OC)c3c2CCC3)cc1F. The first-order valence-corrected chi connectivity index (χ1v) is 12.1. The number of hydrogen-bond acceptors (Lipinski definition) is 6. The molecule has 0 radical (unpaired) electrons. The van der Waals surface area contributed by atoms with E-state index in [0.717, 1.165) is 48.8 Å². The lowest BCUT2D eigenvalue weighted by Crippen LogP contribution is -2.39. The summed E-state index contributed by atoms with van der Waals surface area (Å²) in [5, 5.41) is 5.45. The fraction of sp³-hybridized carbons (Fsp3) is 0.444. The molecule has 2 aliphatic rings. The van der Waals surface area contributed by atoms with Crippen molar-refractivity contribution in [3.63, 3.8) is 0 Å². The van der Waals surface area contributed by atoms with Crippen LogP contribution in [-0.2, 0) is 33.5 Å². The zero-order valence-electron chi connectivity index (χ0n) is 20.6. The van der Waals surface area contributed by atoms with Gasteiger partial charge in [-0.1, -0.05) is 6.07 Å². The normalized spacial score (nSPS) is 15.2. The van der Waals surface area contributed by atoms with Crippen LogP contribution in [0.25, 0.3) is 0 Å². The van der Waals surface area contributed by atoms with Gasteiger partial charge < -0.3 is 24.8 Å². The lowest BCUT2D eigenvalue weighted by Gasteiger charge is -2.24. The number of hydrogen-bond donors (Lipinski definition) is 2. The third-order valence-electron chi connectivity index (χ3n) is 6.74. The smallest absolute Gasteiger partial charge is 0.325 e. The highest BCUT2D eigenvalue weighted by molar-refractivity contribution is 5.98. The molecule has 0 aromatic heterocycles. The van der Waals surface area contributed by atoms with Gasteiger partial charge in [-0.25, -0.2) is 4.39 Å². The molecule has 9 heteroatoms. The van der Waals surface area contributed by atoms with E-state index in [1.807, 2.05) is 6.07 Å². The van der Waals surface area contributed by atoms with Gasteiger partial charge in [-0.3, -0.25) is 14.4 Å². The lowest BCUT2D eigenvalue weighted by molar-refractivity contribution is -0.139. The molecule has 0 saturated carbocycles. The molecule has 36 heavy (non-hydrogen) atoms. The number of esters is 1. The van der Waals surface area contributed by atoms with Crippen molar-refractivity contribution in [1.29, 1.82) is 0 Å². The molecule has 0 unspecified atom stereocenters. The second-order valence-electron chi connectivity index (χ2n) is 9.04. The Morgan fingerprint density at radius 1 is 1.03 bits per heavy atom. The third kappa shape index (κ3) is 5.67. The van der Waals surface area contributed by atoms with Gasteiger partial charge in [0.15, 0.2) is 0 Å². The molecule has 1 aliphatic heterocycles. The van der Waals surface area contributed by atoms with Crippen LogP contribution in [-0.4, -0.2) is 57.8 Å². The molecule has 4 rings (SSSR count). The van der Waals surface area contributed by atoms with Gasteiger partial charge in [0.1, 0.15) is 18.1 Å². The van der Waals surface area contributed by atoms with Crippen molar-refractivity contribution in [3.05, 3.63) is 63.5 Å². The maximum atomic E-state index is 14.8. The standard InChI is InChI=1S/C27H31FN2O6/c1-34-24(31)15-29-26(32)21-7-6-16(13-23(21)28)12-17-14-22(25(35-2)20-5-3-4-19(17)20)27(33)30-18-8-10-36-11-9-18/h6-7,13-14,18H,3-5,8-12,15H2,1-2H3,(H,29,32)(H,30,33). The Labute approximate surface area is 209 Å². The van der Waals surface area contributed by atoms with E-state index in [4.69, 9.17) is 9.47 Å². The van der Waals surface area contributed by atoms with E-state index in [-0.39, 0.29) is 24.1 Å². The number of benzene rings is 2. The van der Waals surface area contributed by atoms with Crippen molar-refractivity contribution in [2.24, 2.45) is 0 Å². The molecule has 1 fully saturated rings. The average Bonchev–Trinajstić information content (AvgIpc) is 3.38. The summed E-state index contributed by atoms with van der Waals surface area (Å²) in [6.07, 6.45) is 4.58. The Morgan fingerprint density at radius 3 is 2.47 bits per heavy atom. The number of halogens is 1. The van der Waals surface area contributed by atoms with Crippen molar-refractivity contribution >= 4 is 17.8 Å². The average molecular weight is 499 g/mol. The summed E-state index contributed by atoms with van der Waals surface area (Å²) in [5.41, 5.74) is 4.12. The summed E-state index contributed by atoms with van der Waals surface area (Å²) in [4.78, 5) is 36.7. The summed E-state index contributed by atoms with van der Waals surface area (Å²) < 4.78 is 30.4. The van der Waals surface area contributed by atoms with E-state index >= 15 is 0 Å². The van der Waals surface area contributed by atoms with Crippen LogP contribution < -0.4 is 15.4 Å². The summed E-state index contributed by atoms with van der Waals surface area (Å²) >= 11 is 0. The van der Waals surface area contributed by atoms with E-state index in [0.29, 0.717) is 36.5 Å². The van der Waals surface area contributed by atoms with Crippen LogP contribution in [0.4, 0.5) is 4.39 Å². The maximum Gasteiger partial charge on any atom is 0.325 e. The monoisotopic (exact) mass is 498 g/mol. The van der Waals surface area contributed by atoms with E-state index in [2.05, 4.69) is 15.4 Å². The molecule has 8 nitrogen and oxygen atoms in total. The number of fused-ring (bicyclic) bond motifs is 1. The Hall–Kier alpha value is -3.46. The molecule has 2 aromatic rings. The summed E-state index contributed by atoms with van der Waals surface area (Å²) in [7, 11) is 2.79. The van der Waals surface area contributed by atoms with Crippen molar-refractivity contribution in [2.75, 3.05) is 34.0 Å². The predicted molar refractivity (Wildman–Crippen MR) is 130 cm³/mol. The molecular weight excluding hydrogens is 467 g/mol. The second kappa shape index (κ2) is 11.5. The molecule has 0 bridgehead atoms. The predicted octanol–water partition coefficient (Wildman–Crippen LogP) is 2.73. The summed E-state index contributed by atoms with van der Waals surface area (Å²) in [6, 6.07) is 6.32. The Kier molecular flexibility index (Phi) is 8.20. The van der Waals surface area contributed by atoms with Gasteiger partial charge in [0.05, 0.1) is 25.3 Å². The van der Waals surface area contributed by atoms with E-state index in [1.54, 1.807) is 13.2 Å². The zero-order valence-corrected chi connectivity index (χ0v) is 20.6. The molecule has 1 aliphatic carbocycles. The first kappa shape index (κ1) is 25.6. The van der Waals surface area contributed by atoms with Gasteiger partial charge in [-0.05, 0) is 79.0 Å². The second-order valence-corrected chi connectivity index (χ2v) is 9.04.